The van der Waals surface area contributed by atoms with Gasteiger partial charge in [0.05, 0.1) is 0 Å². The van der Waals surface area contributed by atoms with E-state index >= 15 is 0 Å². The summed E-state index contributed by atoms with van der Waals surface area (Å²) in [6.45, 7) is 0. The zero-order chi connectivity index (χ0) is 30.9. The van der Waals surface area contributed by atoms with Gasteiger partial charge in [-0.3, -0.25) is 0 Å². The minimum atomic E-state index is 1.13. The molecule has 10 aromatic rings. The van der Waals surface area contributed by atoms with Crippen molar-refractivity contribution in [2.75, 3.05) is 4.90 Å². The second-order valence-electron chi connectivity index (χ2n) is 12.2. The van der Waals surface area contributed by atoms with Crippen molar-refractivity contribution in [1.29, 1.82) is 0 Å². The lowest BCUT2D eigenvalue weighted by Crippen LogP contribution is -2.09. The minimum absolute atomic E-state index is 1.13. The van der Waals surface area contributed by atoms with Crippen LogP contribution in [0.5, 0.6) is 0 Å². The molecule has 0 aliphatic carbocycles. The second-order valence-corrected chi connectivity index (χ2v) is 14.3. The molecule has 0 spiro atoms. The highest BCUT2D eigenvalue weighted by molar-refractivity contribution is 7.26. The van der Waals surface area contributed by atoms with E-state index in [1.807, 2.05) is 22.7 Å². The predicted molar refractivity (Wildman–Crippen MR) is 207 cm³/mol. The third kappa shape index (κ3) is 4.35. The maximum absolute atomic E-state index is 2.41. The van der Waals surface area contributed by atoms with E-state index in [-0.39, 0.29) is 0 Å². The first-order chi connectivity index (χ1) is 23.3. The molecule has 0 amide bonds. The van der Waals surface area contributed by atoms with Crippen molar-refractivity contribution in [1.82, 2.24) is 0 Å². The highest BCUT2D eigenvalue weighted by Gasteiger charge is 2.17. The normalized spacial score (nSPS) is 11.8. The number of hydrogen-bond donors (Lipinski definition) is 0. The molecule has 220 valence electrons. The van der Waals surface area contributed by atoms with Gasteiger partial charge >= 0.3 is 0 Å². The summed E-state index contributed by atoms with van der Waals surface area (Å²) >= 11 is 3.74. The van der Waals surface area contributed by atoms with Gasteiger partial charge in [0, 0.05) is 57.4 Å². The van der Waals surface area contributed by atoms with Gasteiger partial charge in [0.15, 0.2) is 0 Å². The monoisotopic (exact) mass is 633 g/mol. The SMILES string of the molecule is c1ccc2c(-c3ccc(N(c4ccc5cc6c(cc5c4)sc4ccccc46)c4ccc5sc6ccccc6c5c4)cc3)cccc2c1. The van der Waals surface area contributed by atoms with Gasteiger partial charge in [-0.2, -0.15) is 0 Å². The van der Waals surface area contributed by atoms with Crippen molar-refractivity contribution in [3.8, 4) is 11.1 Å². The average Bonchev–Trinajstić information content (AvgIpc) is 3.68. The number of hydrogen-bond acceptors (Lipinski definition) is 3. The summed E-state index contributed by atoms with van der Waals surface area (Å²) in [6, 6.07) is 60.3. The van der Waals surface area contributed by atoms with E-state index in [2.05, 4.69) is 169 Å². The predicted octanol–water partition coefficient (Wildman–Crippen LogP) is 13.9. The van der Waals surface area contributed by atoms with Crippen LogP contribution in [0.15, 0.2) is 164 Å². The van der Waals surface area contributed by atoms with Crippen LogP contribution < -0.4 is 4.90 Å². The van der Waals surface area contributed by atoms with Gasteiger partial charge in [0.1, 0.15) is 0 Å². The van der Waals surface area contributed by atoms with E-state index in [9.17, 15) is 0 Å². The topological polar surface area (TPSA) is 3.24 Å². The Morgan fingerprint density at radius 2 is 0.915 bits per heavy atom. The summed E-state index contributed by atoms with van der Waals surface area (Å²) in [4.78, 5) is 2.41. The van der Waals surface area contributed by atoms with Crippen LogP contribution in [0.4, 0.5) is 17.1 Å². The lowest BCUT2D eigenvalue weighted by Gasteiger charge is -2.26. The molecule has 0 fully saturated rings. The first kappa shape index (κ1) is 26.7. The molecular weight excluding hydrogens is 607 g/mol. The third-order valence-electron chi connectivity index (χ3n) is 9.42. The van der Waals surface area contributed by atoms with Crippen molar-refractivity contribution in [3.05, 3.63) is 164 Å². The molecule has 0 atom stereocenters. The largest absolute Gasteiger partial charge is 0.310 e. The Balaban J connectivity index is 1.15. The van der Waals surface area contributed by atoms with Crippen molar-refractivity contribution in [2.45, 2.75) is 0 Å². The Morgan fingerprint density at radius 1 is 0.319 bits per heavy atom. The van der Waals surface area contributed by atoms with Gasteiger partial charge < -0.3 is 4.90 Å². The molecule has 1 nitrogen and oxygen atoms in total. The van der Waals surface area contributed by atoms with Gasteiger partial charge in [0.2, 0.25) is 0 Å². The summed E-state index contributed by atoms with van der Waals surface area (Å²) in [6.07, 6.45) is 0. The molecule has 0 saturated carbocycles. The molecule has 0 aliphatic heterocycles. The smallest absolute Gasteiger partial charge is 0.0468 e. The van der Waals surface area contributed by atoms with Crippen molar-refractivity contribution in [2.24, 2.45) is 0 Å². The van der Waals surface area contributed by atoms with Crippen LogP contribution in [-0.2, 0) is 0 Å². The number of thiophene rings is 2. The Kier molecular flexibility index (Phi) is 5.98. The molecule has 8 aromatic carbocycles. The third-order valence-corrected chi connectivity index (χ3v) is 11.7. The lowest BCUT2D eigenvalue weighted by molar-refractivity contribution is 1.30. The summed E-state index contributed by atoms with van der Waals surface area (Å²) in [5.74, 6) is 0. The fourth-order valence-electron chi connectivity index (χ4n) is 7.16. The van der Waals surface area contributed by atoms with Crippen LogP contribution in [-0.4, -0.2) is 0 Å². The maximum Gasteiger partial charge on any atom is 0.0468 e. The van der Waals surface area contributed by atoms with Crippen LogP contribution in [0.2, 0.25) is 0 Å². The Morgan fingerprint density at radius 3 is 1.72 bits per heavy atom. The fraction of sp³-hybridized carbons (Fsp3) is 0. The molecule has 0 bridgehead atoms. The van der Waals surface area contributed by atoms with Gasteiger partial charge in [0.25, 0.3) is 0 Å². The molecule has 0 aliphatic rings. The fourth-order valence-corrected chi connectivity index (χ4v) is 9.39. The Labute approximate surface area is 280 Å². The van der Waals surface area contributed by atoms with Crippen LogP contribution in [0.1, 0.15) is 0 Å². The highest BCUT2D eigenvalue weighted by Crippen LogP contribution is 2.43. The number of anilines is 3. The van der Waals surface area contributed by atoms with Crippen molar-refractivity contribution in [3.63, 3.8) is 0 Å². The van der Waals surface area contributed by atoms with Gasteiger partial charge in [-0.05, 0) is 99.4 Å². The zero-order valence-corrected chi connectivity index (χ0v) is 27.0. The van der Waals surface area contributed by atoms with E-state index in [1.54, 1.807) is 0 Å². The molecule has 10 rings (SSSR count). The second kappa shape index (κ2) is 10.5. The van der Waals surface area contributed by atoms with Crippen LogP contribution >= 0.6 is 22.7 Å². The molecule has 2 heterocycles. The van der Waals surface area contributed by atoms with E-state index < -0.39 is 0 Å². The summed E-state index contributed by atoms with van der Waals surface area (Å²) in [7, 11) is 0. The summed E-state index contributed by atoms with van der Waals surface area (Å²) in [5.41, 5.74) is 5.91. The number of nitrogens with zero attached hydrogens (tertiary/aromatic N) is 1. The Bertz CT molecular complexity index is 2800. The maximum atomic E-state index is 2.41. The lowest BCUT2D eigenvalue weighted by atomic mass is 9.98. The van der Waals surface area contributed by atoms with Crippen molar-refractivity contribution < 1.29 is 0 Å². The van der Waals surface area contributed by atoms with E-state index in [4.69, 9.17) is 0 Å². The first-order valence-electron chi connectivity index (χ1n) is 15.9. The molecule has 47 heavy (non-hydrogen) atoms. The van der Waals surface area contributed by atoms with Crippen LogP contribution in [0, 0.1) is 0 Å². The molecular formula is C44H27NS2. The quantitative estimate of drug-likeness (QED) is 0.186. The molecule has 3 heteroatoms. The van der Waals surface area contributed by atoms with Gasteiger partial charge in [-0.25, -0.2) is 0 Å². The molecule has 0 unspecified atom stereocenters. The van der Waals surface area contributed by atoms with Crippen molar-refractivity contribution >= 4 is 102 Å². The van der Waals surface area contributed by atoms with E-state index in [0.717, 1.165) is 17.1 Å². The number of benzene rings is 8. The first-order valence-corrected chi connectivity index (χ1v) is 17.5. The number of fused-ring (bicyclic) bond motifs is 8. The number of rotatable bonds is 4. The summed E-state index contributed by atoms with van der Waals surface area (Å²) in [5, 5.41) is 10.3. The highest BCUT2D eigenvalue weighted by atomic mass is 32.1. The van der Waals surface area contributed by atoms with Crippen LogP contribution in [0.3, 0.4) is 0 Å². The Hall–Kier alpha value is -5.48. The molecule has 0 saturated heterocycles. The van der Waals surface area contributed by atoms with E-state index in [1.165, 1.54) is 73.0 Å². The average molecular weight is 634 g/mol. The molecule has 0 radical (unpaired) electrons. The summed E-state index contributed by atoms with van der Waals surface area (Å²) < 4.78 is 5.30. The van der Waals surface area contributed by atoms with E-state index in [0.29, 0.717) is 0 Å². The standard InChI is InChI=1S/C44H27NS2/c1-2-10-35-28(8-1)9-7-13-36(35)29-16-19-32(20-17-29)45(34-22-23-43-40(27-34)38-12-4-5-14-41(38)46-43)33-21-18-30-25-39-37-11-3-6-15-42(37)47-44(39)26-31(30)24-33/h1-27H. The van der Waals surface area contributed by atoms with Crippen LogP contribution in [0.25, 0.3) is 73.0 Å². The van der Waals surface area contributed by atoms with Gasteiger partial charge in [-0.15, -0.1) is 22.7 Å². The zero-order valence-electron chi connectivity index (χ0n) is 25.4. The molecule has 2 aromatic heterocycles. The van der Waals surface area contributed by atoms with Gasteiger partial charge in [-0.1, -0.05) is 97.1 Å². The molecule has 0 N–H and O–H groups in total. The minimum Gasteiger partial charge on any atom is -0.310 e.